The molecule has 3 N–H and O–H groups in total. The number of carbonyl (C=O) groups excluding carboxylic acids is 1. The zero-order valence-corrected chi connectivity index (χ0v) is 19.0. The summed E-state index contributed by atoms with van der Waals surface area (Å²) in [5, 5.41) is 3.16. The summed E-state index contributed by atoms with van der Waals surface area (Å²) < 4.78 is 57.8. The summed E-state index contributed by atoms with van der Waals surface area (Å²) in [6.07, 6.45) is 1.81. The summed E-state index contributed by atoms with van der Waals surface area (Å²) in [4.78, 5) is 29.0. The molecule has 1 amide bonds. The van der Waals surface area contributed by atoms with Crippen LogP contribution in [0.5, 0.6) is 0 Å². The number of halogens is 3. The largest absolute Gasteiger partial charge is 0.772 e. The lowest BCUT2D eigenvalue weighted by Crippen LogP contribution is -2.20. The normalized spacial score (nSPS) is 17.9. The van der Waals surface area contributed by atoms with Crippen molar-refractivity contribution in [1.82, 2.24) is 19.9 Å². The number of nitrogen functional groups attached to an aromatic ring is 1. The molecule has 1 fully saturated rings. The summed E-state index contributed by atoms with van der Waals surface area (Å²) in [6, 6.07) is 3.02. The molecule has 0 saturated heterocycles. The van der Waals surface area contributed by atoms with Gasteiger partial charge in [-0.05, 0) is 37.8 Å². The van der Waals surface area contributed by atoms with Crippen molar-refractivity contribution < 1.29 is 26.7 Å². The number of nitrogens with two attached hydrogens (primary N) is 1. The molecule has 34 heavy (non-hydrogen) atoms. The van der Waals surface area contributed by atoms with Crippen LogP contribution in [0.1, 0.15) is 41.4 Å². The third-order valence-electron chi connectivity index (χ3n) is 5.08. The number of amides is 1. The van der Waals surface area contributed by atoms with E-state index in [9.17, 15) is 26.7 Å². The highest BCUT2D eigenvalue weighted by atomic mass is 32.2. The fourth-order valence-corrected chi connectivity index (χ4v) is 4.67. The highest BCUT2D eigenvalue weighted by Crippen LogP contribution is 2.38. The number of aromatic nitrogens is 4. The third-order valence-corrected chi connectivity index (χ3v) is 7.06. The minimum atomic E-state index is -4.58. The summed E-state index contributed by atoms with van der Waals surface area (Å²) >= 11 is -0.371. The van der Waals surface area contributed by atoms with Gasteiger partial charge in [-0.3, -0.25) is 14.0 Å². The standard InChI is InChI=1S/C17H13F3N6OS.C3H6O2S/c18-17(19,20)12-7-22-6-10(24-12)8-1-4-13(23-5-8)25-15(27)9-2-3-11-14(9)26-16(21)28-11;4-6(5)3-1-2-3/h1,4-7,9H,2-3H2,(H2,21,26)(H,23,25,27);3H,1-2H2,(H,4,5)/p-1. The SMILES string of the molecule is Nc1nc2c(s1)CCC2C(=O)Nc1ccc(-c2cncc(C(F)(F)F)n2)cn1.O=S([O-])C1CC1. The minimum absolute atomic E-state index is 0.0185. The number of anilines is 2. The van der Waals surface area contributed by atoms with Gasteiger partial charge < -0.3 is 15.6 Å². The molecule has 0 bridgehead atoms. The van der Waals surface area contributed by atoms with E-state index in [1.54, 1.807) is 0 Å². The lowest BCUT2D eigenvalue weighted by Gasteiger charge is -2.11. The monoisotopic (exact) mass is 511 g/mol. The van der Waals surface area contributed by atoms with Crippen LogP contribution < -0.4 is 11.1 Å². The number of carbonyl (C=O) groups is 1. The van der Waals surface area contributed by atoms with E-state index in [1.165, 1.54) is 35.9 Å². The first-order valence-electron chi connectivity index (χ1n) is 10.1. The molecule has 2 aliphatic rings. The van der Waals surface area contributed by atoms with Crippen LogP contribution in [-0.4, -0.2) is 39.9 Å². The first-order valence-corrected chi connectivity index (χ1v) is 12.1. The lowest BCUT2D eigenvalue weighted by molar-refractivity contribution is -0.141. The van der Waals surface area contributed by atoms with Gasteiger partial charge in [-0.2, -0.15) is 13.2 Å². The first-order chi connectivity index (χ1) is 16.1. The van der Waals surface area contributed by atoms with Crippen LogP contribution in [0.25, 0.3) is 11.3 Å². The Morgan fingerprint density at radius 1 is 1.18 bits per heavy atom. The molecule has 3 aromatic rings. The maximum atomic E-state index is 12.8. The van der Waals surface area contributed by atoms with Crippen LogP contribution in [0, 0.1) is 0 Å². The van der Waals surface area contributed by atoms with Gasteiger partial charge in [0.25, 0.3) is 0 Å². The molecule has 2 atom stereocenters. The van der Waals surface area contributed by atoms with Gasteiger partial charge in [-0.1, -0.05) is 11.1 Å². The number of thiazole rings is 1. The van der Waals surface area contributed by atoms with Crippen molar-refractivity contribution in [1.29, 1.82) is 0 Å². The summed E-state index contributed by atoms with van der Waals surface area (Å²) in [6.45, 7) is 0. The molecule has 2 unspecified atom stereocenters. The predicted molar refractivity (Wildman–Crippen MR) is 118 cm³/mol. The van der Waals surface area contributed by atoms with Crippen molar-refractivity contribution in [3.63, 3.8) is 0 Å². The molecule has 3 heterocycles. The van der Waals surface area contributed by atoms with Crippen molar-refractivity contribution in [2.24, 2.45) is 0 Å². The van der Waals surface area contributed by atoms with Crippen LogP contribution >= 0.6 is 11.3 Å². The van der Waals surface area contributed by atoms with E-state index >= 15 is 0 Å². The fourth-order valence-electron chi connectivity index (χ4n) is 3.24. The van der Waals surface area contributed by atoms with Crippen LogP contribution in [0.4, 0.5) is 24.1 Å². The van der Waals surface area contributed by atoms with Crippen molar-refractivity contribution in [3.05, 3.63) is 47.0 Å². The zero-order valence-electron chi connectivity index (χ0n) is 17.4. The summed E-state index contributed by atoms with van der Waals surface area (Å²) in [5.74, 6) is -0.354. The minimum Gasteiger partial charge on any atom is -0.772 e. The van der Waals surface area contributed by atoms with Crippen molar-refractivity contribution in [3.8, 4) is 11.3 Å². The van der Waals surface area contributed by atoms with E-state index in [2.05, 4.69) is 25.3 Å². The van der Waals surface area contributed by atoms with E-state index in [1.807, 2.05) is 0 Å². The Hall–Kier alpha value is -2.97. The predicted octanol–water partition coefficient (Wildman–Crippen LogP) is 3.29. The summed E-state index contributed by atoms with van der Waals surface area (Å²) in [5.41, 5.74) is 5.71. The van der Waals surface area contributed by atoms with Gasteiger partial charge in [0.05, 0.1) is 29.7 Å². The molecule has 14 heteroatoms. The van der Waals surface area contributed by atoms with Gasteiger partial charge in [0.15, 0.2) is 10.8 Å². The Labute approximate surface area is 198 Å². The number of pyridine rings is 1. The number of fused-ring (bicyclic) bond motifs is 1. The van der Waals surface area contributed by atoms with Crippen molar-refractivity contribution >= 4 is 39.3 Å². The fraction of sp³-hybridized carbons (Fsp3) is 0.350. The molecule has 0 spiro atoms. The molecule has 9 nitrogen and oxygen atoms in total. The number of hydrogen-bond donors (Lipinski definition) is 2. The van der Waals surface area contributed by atoms with Crippen LogP contribution in [-0.2, 0) is 28.5 Å². The Morgan fingerprint density at radius 3 is 2.53 bits per heavy atom. The lowest BCUT2D eigenvalue weighted by atomic mass is 10.1. The summed E-state index contributed by atoms with van der Waals surface area (Å²) in [7, 11) is 0. The second-order valence-electron chi connectivity index (χ2n) is 7.62. The second-order valence-corrected chi connectivity index (χ2v) is 9.92. The van der Waals surface area contributed by atoms with Crippen molar-refractivity contribution in [2.45, 2.75) is 43.0 Å². The molecule has 180 valence electrons. The zero-order chi connectivity index (χ0) is 24.5. The van der Waals surface area contributed by atoms with Crippen LogP contribution in [0.2, 0.25) is 0 Å². The average Bonchev–Trinajstić information content (AvgIpc) is 3.49. The van der Waals surface area contributed by atoms with E-state index in [4.69, 9.17) is 5.73 Å². The maximum Gasteiger partial charge on any atom is 0.434 e. The molecule has 2 aliphatic carbocycles. The topological polar surface area (TPSA) is 147 Å². The van der Waals surface area contributed by atoms with E-state index < -0.39 is 23.0 Å². The molecule has 0 aromatic carbocycles. The van der Waals surface area contributed by atoms with E-state index in [-0.39, 0.29) is 28.6 Å². The van der Waals surface area contributed by atoms with Gasteiger partial charge in [-0.25, -0.2) is 15.0 Å². The molecule has 0 radical (unpaired) electrons. The van der Waals surface area contributed by atoms with Crippen molar-refractivity contribution in [2.75, 3.05) is 11.1 Å². The number of aryl methyl sites for hydroxylation is 1. The number of alkyl halides is 3. The molecule has 3 aromatic heterocycles. The number of hydrogen-bond acceptors (Lipinski definition) is 9. The molecule has 0 aliphatic heterocycles. The molecular weight excluding hydrogens is 493 g/mol. The molecule has 5 rings (SSSR count). The van der Waals surface area contributed by atoms with E-state index in [0.717, 1.165) is 24.1 Å². The Kier molecular flexibility index (Phi) is 6.91. The smallest absolute Gasteiger partial charge is 0.434 e. The molecule has 1 saturated carbocycles. The highest BCUT2D eigenvalue weighted by Gasteiger charge is 2.34. The van der Waals surface area contributed by atoms with Gasteiger partial charge in [0.1, 0.15) is 5.82 Å². The van der Waals surface area contributed by atoms with Crippen LogP contribution in [0.15, 0.2) is 30.7 Å². The number of rotatable bonds is 4. The van der Waals surface area contributed by atoms with Gasteiger partial charge >= 0.3 is 6.18 Å². The Morgan fingerprint density at radius 2 is 1.94 bits per heavy atom. The third kappa shape index (κ3) is 5.74. The number of nitrogens with zero attached hydrogens (tertiary/aromatic N) is 4. The van der Waals surface area contributed by atoms with Gasteiger partial charge in [0.2, 0.25) is 5.91 Å². The Bertz CT molecular complexity index is 1220. The van der Waals surface area contributed by atoms with Gasteiger partial charge in [0, 0.05) is 21.9 Å². The first kappa shape index (κ1) is 24.2. The molecular formula is C20H18F3N6O3S2-. The average molecular weight is 512 g/mol. The van der Waals surface area contributed by atoms with Crippen LogP contribution in [0.3, 0.4) is 0 Å². The van der Waals surface area contributed by atoms with Gasteiger partial charge in [-0.15, -0.1) is 11.3 Å². The highest BCUT2D eigenvalue weighted by molar-refractivity contribution is 7.80. The quantitative estimate of drug-likeness (QED) is 0.507. The number of nitrogens with one attached hydrogen (secondary N) is 1. The second kappa shape index (κ2) is 9.72. The van der Waals surface area contributed by atoms with E-state index in [0.29, 0.717) is 29.0 Å². The maximum absolute atomic E-state index is 12.8. The Balaban J connectivity index is 0.000000398.